The summed E-state index contributed by atoms with van der Waals surface area (Å²) in [6.07, 6.45) is -13.9. The molecule has 4 aliphatic heterocycles. The van der Waals surface area contributed by atoms with Gasteiger partial charge in [0.2, 0.25) is 35.8 Å². The first-order valence-electron chi connectivity index (χ1n) is 12.2. The van der Waals surface area contributed by atoms with E-state index in [9.17, 15) is 61.5 Å². The predicted molar refractivity (Wildman–Crippen MR) is 124 cm³/mol. The lowest BCUT2D eigenvalue weighted by atomic mass is 9.99. The molecule has 40 heavy (non-hydrogen) atoms. The largest absolute Gasteiger partial charge is 0.629 e. The summed E-state index contributed by atoms with van der Waals surface area (Å²) in [6, 6.07) is -1.83. The minimum atomic E-state index is -1.85. The van der Waals surface area contributed by atoms with Crippen molar-refractivity contribution in [1.29, 1.82) is 0 Å². The van der Waals surface area contributed by atoms with Gasteiger partial charge in [-0.15, -0.1) is 0 Å². The fourth-order valence-corrected chi connectivity index (χ4v) is 4.63. The van der Waals surface area contributed by atoms with Gasteiger partial charge in [0.1, 0.15) is 55.4 Å². The Balaban J connectivity index is 1.59. The van der Waals surface area contributed by atoms with E-state index in [0.717, 1.165) is 18.4 Å². The average Bonchev–Trinajstić information content (AvgIpc) is 2.93. The van der Waals surface area contributed by atoms with Gasteiger partial charge in [0.15, 0.2) is 11.5 Å². The summed E-state index contributed by atoms with van der Waals surface area (Å²) in [5, 5.41) is 125. The number of nitrogens with one attached hydrogen (secondary N) is 2. The molecule has 4 heterocycles. The van der Waals surface area contributed by atoms with Crippen molar-refractivity contribution in [2.75, 3.05) is 19.8 Å². The van der Waals surface area contributed by atoms with Crippen LogP contribution in [0.3, 0.4) is 0 Å². The van der Waals surface area contributed by atoms with Crippen LogP contribution in [0.5, 0.6) is 0 Å². The van der Waals surface area contributed by atoms with Crippen molar-refractivity contribution < 1.29 is 80.1 Å². The van der Waals surface area contributed by atoms with Crippen molar-refractivity contribution in [3.63, 3.8) is 0 Å². The van der Waals surface area contributed by atoms with E-state index in [1.807, 2.05) is 0 Å². The first kappa shape index (κ1) is 30.6. The fraction of sp³-hybridized carbons (Fsp3) is 0.636. The molecule has 0 aliphatic carbocycles. The van der Waals surface area contributed by atoms with Gasteiger partial charge in [0.25, 0.3) is 0 Å². The molecule has 2 saturated heterocycles. The minimum absolute atomic E-state index is 0.449. The van der Waals surface area contributed by atoms with Crippen molar-refractivity contribution in [3.05, 3.63) is 57.5 Å². The van der Waals surface area contributed by atoms with Gasteiger partial charge in [-0.1, -0.05) is 0 Å². The Labute approximate surface area is 225 Å². The van der Waals surface area contributed by atoms with Crippen molar-refractivity contribution in [1.82, 2.24) is 0 Å². The number of aliphatic hydroxyl groups excluding tert-OH is 10. The van der Waals surface area contributed by atoms with E-state index in [2.05, 4.69) is 0 Å². The highest BCUT2D eigenvalue weighted by molar-refractivity contribution is 5.33. The second-order valence-electron chi connectivity index (χ2n) is 9.51. The molecular formula is C22H32N2O16. The van der Waals surface area contributed by atoms with Gasteiger partial charge in [-0.05, 0) is 0 Å². The standard InChI is InChI=1S/C22H32N2O16/c25-5-9-15(29)17(31)19(33)21(39-9)37-7-1-3-23(35)11(13(7)27)12-14(28)8(2-4-24(12)36)38-22-20(34)18(32)16(30)10(6-26)40-22/h1-3,9-11,15-34H,4-6H2. The van der Waals surface area contributed by atoms with Crippen molar-refractivity contribution >= 4 is 0 Å². The summed E-state index contributed by atoms with van der Waals surface area (Å²) in [5.74, 6) is -2.81. The highest BCUT2D eigenvalue weighted by Gasteiger charge is 2.48. The van der Waals surface area contributed by atoms with E-state index >= 15 is 0 Å². The Morgan fingerprint density at radius 2 is 1.32 bits per heavy atom. The van der Waals surface area contributed by atoms with E-state index < -0.39 is 126 Å². The van der Waals surface area contributed by atoms with Crippen LogP contribution in [0.15, 0.2) is 47.1 Å². The fourth-order valence-electron chi connectivity index (χ4n) is 4.63. The molecule has 0 aromatic carbocycles. The number of ether oxygens (including phenoxy) is 4. The summed E-state index contributed by atoms with van der Waals surface area (Å²) < 4.78 is 21.3. The highest BCUT2D eigenvalue weighted by Crippen LogP contribution is 2.29. The summed E-state index contributed by atoms with van der Waals surface area (Å²) in [5.41, 5.74) is -0.635. The number of hydrogen-bond donors (Lipinski definition) is 12. The summed E-state index contributed by atoms with van der Waals surface area (Å²) in [4.78, 5) is 0. The lowest BCUT2D eigenvalue weighted by Gasteiger charge is -2.41. The lowest BCUT2D eigenvalue weighted by Crippen LogP contribution is -3.16. The Bertz CT molecular complexity index is 1050. The maximum absolute atomic E-state index is 12.8. The molecule has 0 radical (unpaired) electrons. The number of allylic oxidation sites excluding steroid dienone is 1. The second kappa shape index (κ2) is 12.2. The van der Waals surface area contributed by atoms with Gasteiger partial charge in [0, 0.05) is 12.2 Å². The number of hydrogen-bond acceptors (Lipinski definition) is 16. The van der Waals surface area contributed by atoms with Crippen molar-refractivity contribution in [3.8, 4) is 0 Å². The van der Waals surface area contributed by atoms with Crippen LogP contribution in [0.4, 0.5) is 0 Å². The molecule has 18 heteroatoms. The maximum Gasteiger partial charge on any atom is 0.231 e. The van der Waals surface area contributed by atoms with Crippen LogP contribution in [0.1, 0.15) is 0 Å². The first-order chi connectivity index (χ1) is 18.9. The van der Waals surface area contributed by atoms with Crippen LogP contribution in [0.2, 0.25) is 0 Å². The zero-order chi connectivity index (χ0) is 29.5. The third kappa shape index (κ3) is 5.55. The molecule has 13 unspecified atom stereocenters. The van der Waals surface area contributed by atoms with Crippen molar-refractivity contribution in [2.45, 2.75) is 67.5 Å². The normalized spacial score (nSPS) is 44.5. The van der Waals surface area contributed by atoms with E-state index in [1.54, 1.807) is 0 Å². The molecule has 2 fully saturated rings. The zero-order valence-electron chi connectivity index (χ0n) is 20.6. The van der Waals surface area contributed by atoms with Gasteiger partial charge >= 0.3 is 0 Å². The lowest BCUT2D eigenvalue weighted by molar-refractivity contribution is -0.868. The van der Waals surface area contributed by atoms with E-state index in [0.29, 0.717) is 0 Å². The molecule has 0 aromatic heterocycles. The molecule has 0 aromatic rings. The SMILES string of the molecule is [O-][NH+]1CC=C(OC2OC(CO)C(O)C(O)C2O)C(O)=C1C1C(O)=C(OC2OC(CO)C(O)C(O)C2O)C=C[NH+]1[O-]. The maximum atomic E-state index is 12.8. The molecule has 4 rings (SSSR count). The van der Waals surface area contributed by atoms with Crippen LogP contribution >= 0.6 is 0 Å². The molecule has 0 amide bonds. The van der Waals surface area contributed by atoms with Gasteiger partial charge in [-0.3, -0.25) is 0 Å². The Kier molecular flexibility index (Phi) is 9.34. The first-order valence-corrected chi connectivity index (χ1v) is 12.2. The second-order valence-corrected chi connectivity index (χ2v) is 9.51. The summed E-state index contributed by atoms with van der Waals surface area (Å²) in [7, 11) is 0. The van der Waals surface area contributed by atoms with Crippen LogP contribution in [-0.4, -0.2) is 138 Å². The van der Waals surface area contributed by atoms with Crippen LogP contribution in [0.25, 0.3) is 0 Å². The third-order valence-electron chi connectivity index (χ3n) is 6.94. The molecular weight excluding hydrogens is 548 g/mol. The Morgan fingerprint density at radius 1 is 0.800 bits per heavy atom. The predicted octanol–water partition coefficient (Wildman–Crippen LogP) is -7.28. The van der Waals surface area contributed by atoms with E-state index in [4.69, 9.17) is 18.9 Å². The van der Waals surface area contributed by atoms with Gasteiger partial charge < -0.3 is 90.6 Å². The number of quaternary nitrogens is 2. The van der Waals surface area contributed by atoms with Gasteiger partial charge in [-0.25, -0.2) is 0 Å². The molecule has 226 valence electrons. The zero-order valence-corrected chi connectivity index (χ0v) is 20.6. The monoisotopic (exact) mass is 580 g/mol. The van der Waals surface area contributed by atoms with Crippen LogP contribution in [0, 0.1) is 10.4 Å². The Hall–Kier alpha value is -2.40. The Morgan fingerprint density at radius 3 is 1.85 bits per heavy atom. The molecule has 12 N–H and O–H groups in total. The third-order valence-corrected chi connectivity index (χ3v) is 6.94. The van der Waals surface area contributed by atoms with Gasteiger partial charge in [0.05, 0.1) is 19.4 Å². The average molecular weight is 580 g/mol. The smallest absolute Gasteiger partial charge is 0.231 e. The summed E-state index contributed by atoms with van der Waals surface area (Å²) in [6.45, 7) is -1.96. The number of rotatable bonds is 7. The molecule has 18 nitrogen and oxygen atoms in total. The van der Waals surface area contributed by atoms with Crippen molar-refractivity contribution in [2.24, 2.45) is 0 Å². The van der Waals surface area contributed by atoms with E-state index in [-0.39, 0.29) is 0 Å². The molecule has 0 saturated carbocycles. The molecule has 13 atom stereocenters. The van der Waals surface area contributed by atoms with Crippen LogP contribution < -0.4 is 10.1 Å². The number of hydroxylamine groups is 4. The van der Waals surface area contributed by atoms with E-state index in [1.165, 1.54) is 0 Å². The number of aliphatic hydroxyl groups is 10. The molecule has 4 aliphatic rings. The van der Waals surface area contributed by atoms with Crippen LogP contribution in [-0.2, 0) is 18.9 Å². The van der Waals surface area contributed by atoms with Gasteiger partial charge in [-0.2, -0.15) is 0 Å². The molecule has 0 spiro atoms. The topological polar surface area (TPSA) is 294 Å². The minimum Gasteiger partial charge on any atom is -0.629 e. The highest BCUT2D eigenvalue weighted by atomic mass is 16.7. The quantitative estimate of drug-likeness (QED) is 0.124. The molecule has 0 bridgehead atoms. The summed E-state index contributed by atoms with van der Waals surface area (Å²) >= 11 is 0.